The SMILES string of the molecule is CCOc1ccc(-c2nc(C(=O)N(C)CC)cs2)c(F)c1. The number of benzene rings is 1. The van der Waals surface area contributed by atoms with Gasteiger partial charge in [-0.2, -0.15) is 0 Å². The van der Waals surface area contributed by atoms with Crippen LogP contribution in [-0.2, 0) is 0 Å². The monoisotopic (exact) mass is 308 g/mol. The van der Waals surface area contributed by atoms with Crippen molar-refractivity contribution in [3.05, 3.63) is 35.1 Å². The zero-order valence-electron chi connectivity index (χ0n) is 12.2. The van der Waals surface area contributed by atoms with Crippen molar-refractivity contribution in [1.29, 1.82) is 0 Å². The Hall–Kier alpha value is -1.95. The molecule has 4 nitrogen and oxygen atoms in total. The highest BCUT2D eigenvalue weighted by molar-refractivity contribution is 7.13. The molecule has 0 bridgehead atoms. The van der Waals surface area contributed by atoms with Crippen molar-refractivity contribution in [1.82, 2.24) is 9.88 Å². The lowest BCUT2D eigenvalue weighted by Crippen LogP contribution is -2.26. The fourth-order valence-corrected chi connectivity index (χ4v) is 2.58. The summed E-state index contributed by atoms with van der Waals surface area (Å²) < 4.78 is 19.3. The van der Waals surface area contributed by atoms with Crippen LogP contribution < -0.4 is 4.74 Å². The number of ether oxygens (including phenoxy) is 1. The Morgan fingerprint density at radius 3 is 2.81 bits per heavy atom. The Morgan fingerprint density at radius 2 is 2.19 bits per heavy atom. The lowest BCUT2D eigenvalue weighted by atomic mass is 10.2. The summed E-state index contributed by atoms with van der Waals surface area (Å²) in [4.78, 5) is 17.8. The van der Waals surface area contributed by atoms with E-state index in [9.17, 15) is 9.18 Å². The molecule has 0 saturated heterocycles. The largest absolute Gasteiger partial charge is 0.494 e. The molecule has 0 saturated carbocycles. The number of thiazole rings is 1. The van der Waals surface area contributed by atoms with Crippen LogP contribution >= 0.6 is 11.3 Å². The summed E-state index contributed by atoms with van der Waals surface area (Å²) in [7, 11) is 1.71. The summed E-state index contributed by atoms with van der Waals surface area (Å²) in [6.45, 7) is 4.81. The Balaban J connectivity index is 2.27. The van der Waals surface area contributed by atoms with E-state index in [1.165, 1.54) is 17.4 Å². The second kappa shape index (κ2) is 6.67. The van der Waals surface area contributed by atoms with E-state index in [0.717, 1.165) is 0 Å². The van der Waals surface area contributed by atoms with Crippen molar-refractivity contribution < 1.29 is 13.9 Å². The predicted octanol–water partition coefficient (Wildman–Crippen LogP) is 3.44. The van der Waals surface area contributed by atoms with Gasteiger partial charge < -0.3 is 9.64 Å². The Morgan fingerprint density at radius 1 is 1.43 bits per heavy atom. The van der Waals surface area contributed by atoms with E-state index in [-0.39, 0.29) is 5.91 Å². The second-order valence-electron chi connectivity index (χ2n) is 4.43. The van der Waals surface area contributed by atoms with Crippen LogP contribution in [0.1, 0.15) is 24.3 Å². The van der Waals surface area contributed by atoms with Gasteiger partial charge in [-0.05, 0) is 26.0 Å². The average Bonchev–Trinajstić information content (AvgIpc) is 2.95. The first-order chi connectivity index (χ1) is 10.1. The van der Waals surface area contributed by atoms with Crippen LogP contribution in [0.4, 0.5) is 4.39 Å². The van der Waals surface area contributed by atoms with Crippen molar-refractivity contribution in [3.8, 4) is 16.3 Å². The predicted molar refractivity (Wildman–Crippen MR) is 81.3 cm³/mol. The van der Waals surface area contributed by atoms with Gasteiger partial charge in [-0.25, -0.2) is 9.37 Å². The normalized spacial score (nSPS) is 10.5. The summed E-state index contributed by atoms with van der Waals surface area (Å²) >= 11 is 1.25. The molecular formula is C15H17FN2O2S. The summed E-state index contributed by atoms with van der Waals surface area (Å²) in [5.41, 5.74) is 0.717. The Bertz CT molecular complexity index is 642. The maximum Gasteiger partial charge on any atom is 0.273 e. The van der Waals surface area contributed by atoms with Gasteiger partial charge in [-0.3, -0.25) is 4.79 Å². The number of carbonyl (C=O) groups is 1. The third-order valence-corrected chi connectivity index (χ3v) is 3.90. The first kappa shape index (κ1) is 15.4. The van der Waals surface area contributed by atoms with E-state index in [1.54, 1.807) is 29.5 Å². The molecule has 0 aliphatic rings. The third-order valence-electron chi connectivity index (χ3n) is 3.03. The van der Waals surface area contributed by atoms with Crippen LogP contribution in [0.15, 0.2) is 23.6 Å². The van der Waals surface area contributed by atoms with Crippen molar-refractivity contribution in [3.63, 3.8) is 0 Å². The molecule has 0 fully saturated rings. The highest BCUT2D eigenvalue weighted by atomic mass is 32.1. The molecular weight excluding hydrogens is 291 g/mol. The standard InChI is InChI=1S/C15H17FN2O2S/c1-4-18(3)15(19)13-9-21-14(17-13)11-7-6-10(20-5-2)8-12(11)16/h6-9H,4-5H2,1-3H3. The maximum absolute atomic E-state index is 14.1. The minimum absolute atomic E-state index is 0.161. The van der Waals surface area contributed by atoms with Crippen molar-refractivity contribution >= 4 is 17.2 Å². The van der Waals surface area contributed by atoms with Gasteiger partial charge in [0.25, 0.3) is 5.91 Å². The molecule has 0 radical (unpaired) electrons. The van der Waals surface area contributed by atoms with E-state index in [2.05, 4.69) is 4.98 Å². The van der Waals surface area contributed by atoms with E-state index in [1.807, 2.05) is 13.8 Å². The number of carbonyl (C=O) groups excluding carboxylic acids is 1. The zero-order valence-corrected chi connectivity index (χ0v) is 13.0. The van der Waals surface area contributed by atoms with Gasteiger partial charge in [0.1, 0.15) is 22.3 Å². The van der Waals surface area contributed by atoms with Gasteiger partial charge in [-0.1, -0.05) is 0 Å². The van der Waals surface area contributed by atoms with E-state index >= 15 is 0 Å². The highest BCUT2D eigenvalue weighted by Crippen LogP contribution is 2.29. The van der Waals surface area contributed by atoms with Crippen LogP contribution in [0.3, 0.4) is 0 Å². The zero-order chi connectivity index (χ0) is 15.4. The smallest absolute Gasteiger partial charge is 0.273 e. The molecule has 0 aliphatic carbocycles. The molecule has 1 heterocycles. The van der Waals surface area contributed by atoms with Gasteiger partial charge >= 0.3 is 0 Å². The fraction of sp³-hybridized carbons (Fsp3) is 0.333. The van der Waals surface area contributed by atoms with Crippen molar-refractivity contribution in [2.45, 2.75) is 13.8 Å². The molecule has 1 amide bonds. The van der Waals surface area contributed by atoms with E-state index in [4.69, 9.17) is 4.74 Å². The van der Waals surface area contributed by atoms with Crippen LogP contribution in [-0.4, -0.2) is 36.0 Å². The molecule has 0 N–H and O–H groups in total. The lowest BCUT2D eigenvalue weighted by molar-refractivity contribution is 0.0797. The first-order valence-corrected chi connectivity index (χ1v) is 7.58. The van der Waals surface area contributed by atoms with Crippen LogP contribution in [0.5, 0.6) is 5.75 Å². The quantitative estimate of drug-likeness (QED) is 0.849. The summed E-state index contributed by atoms with van der Waals surface area (Å²) in [5, 5.41) is 2.14. The lowest BCUT2D eigenvalue weighted by Gasteiger charge is -2.11. The number of hydrogen-bond donors (Lipinski definition) is 0. The number of nitrogens with zero attached hydrogens (tertiary/aromatic N) is 2. The second-order valence-corrected chi connectivity index (χ2v) is 5.29. The molecule has 0 aliphatic heterocycles. The third kappa shape index (κ3) is 3.39. The topological polar surface area (TPSA) is 42.4 Å². The summed E-state index contributed by atoms with van der Waals surface area (Å²) in [5.74, 6) is -0.0817. The van der Waals surface area contributed by atoms with E-state index in [0.29, 0.717) is 35.2 Å². The summed E-state index contributed by atoms with van der Waals surface area (Å²) in [6.07, 6.45) is 0. The Labute approximate surface area is 127 Å². The summed E-state index contributed by atoms with van der Waals surface area (Å²) in [6, 6.07) is 4.65. The van der Waals surface area contributed by atoms with E-state index < -0.39 is 5.82 Å². The maximum atomic E-state index is 14.1. The van der Waals surface area contributed by atoms with Gasteiger partial charge in [0.15, 0.2) is 0 Å². The van der Waals surface area contributed by atoms with Gasteiger partial charge in [0.05, 0.1) is 6.61 Å². The molecule has 1 aromatic heterocycles. The van der Waals surface area contributed by atoms with Crippen LogP contribution in [0.2, 0.25) is 0 Å². The van der Waals surface area contributed by atoms with Gasteiger partial charge in [0, 0.05) is 30.6 Å². The molecule has 0 atom stereocenters. The Kier molecular flexibility index (Phi) is 4.90. The number of rotatable bonds is 5. The van der Waals surface area contributed by atoms with Crippen molar-refractivity contribution in [2.24, 2.45) is 0 Å². The van der Waals surface area contributed by atoms with Gasteiger partial charge in [-0.15, -0.1) is 11.3 Å². The minimum Gasteiger partial charge on any atom is -0.494 e. The number of amides is 1. The van der Waals surface area contributed by atoms with Gasteiger partial charge in [0.2, 0.25) is 0 Å². The highest BCUT2D eigenvalue weighted by Gasteiger charge is 2.16. The van der Waals surface area contributed by atoms with Crippen molar-refractivity contribution in [2.75, 3.05) is 20.2 Å². The number of halogens is 1. The molecule has 6 heteroatoms. The first-order valence-electron chi connectivity index (χ1n) is 6.70. The number of aromatic nitrogens is 1. The van der Waals surface area contributed by atoms with Crippen LogP contribution in [0, 0.1) is 5.82 Å². The molecule has 0 unspecified atom stereocenters. The van der Waals surface area contributed by atoms with Crippen LogP contribution in [0.25, 0.3) is 10.6 Å². The fourth-order valence-electron chi connectivity index (χ4n) is 1.76. The molecule has 112 valence electrons. The molecule has 2 aromatic rings. The molecule has 2 rings (SSSR count). The average molecular weight is 308 g/mol. The molecule has 1 aromatic carbocycles. The minimum atomic E-state index is -0.404. The number of hydrogen-bond acceptors (Lipinski definition) is 4. The molecule has 0 spiro atoms. The molecule has 21 heavy (non-hydrogen) atoms.